The highest BCUT2D eigenvalue weighted by molar-refractivity contribution is 6.31. The summed E-state index contributed by atoms with van der Waals surface area (Å²) in [5, 5.41) is 8.56. The number of nitrogens with zero attached hydrogens (tertiary/aromatic N) is 2. The van der Waals surface area contributed by atoms with Crippen molar-refractivity contribution in [1.82, 2.24) is 15.1 Å². The zero-order valence-corrected chi connectivity index (χ0v) is 13.5. The molecule has 0 radical (unpaired) electrons. The van der Waals surface area contributed by atoms with Crippen LogP contribution in [0.5, 0.6) is 0 Å². The van der Waals surface area contributed by atoms with Gasteiger partial charge in [-0.3, -0.25) is 4.68 Å². The third-order valence-electron chi connectivity index (χ3n) is 4.35. The first-order valence-corrected chi connectivity index (χ1v) is 8.08. The second-order valence-electron chi connectivity index (χ2n) is 5.47. The lowest BCUT2D eigenvalue weighted by Crippen LogP contribution is -2.47. The minimum Gasteiger partial charge on any atom is -0.373 e. The molecule has 1 N–H and O–H groups in total. The molecule has 1 aromatic rings. The molecule has 1 unspecified atom stereocenters. The minimum atomic E-state index is -0.154. The molecule has 5 heteroatoms. The molecule has 0 amide bonds. The lowest BCUT2D eigenvalue weighted by Gasteiger charge is -2.43. The summed E-state index contributed by atoms with van der Waals surface area (Å²) in [6.07, 6.45) is 7.64. The van der Waals surface area contributed by atoms with Gasteiger partial charge in [-0.05, 0) is 33.7 Å². The number of rotatable bonds is 6. The quantitative estimate of drug-likeness (QED) is 0.873. The highest BCUT2D eigenvalue weighted by Gasteiger charge is 2.43. The second kappa shape index (κ2) is 6.92. The molecule has 4 nitrogen and oxygen atoms in total. The molecule has 0 spiro atoms. The van der Waals surface area contributed by atoms with E-state index in [2.05, 4.69) is 24.3 Å². The third-order valence-corrected chi connectivity index (χ3v) is 4.64. The smallest absolute Gasteiger partial charge is 0.0891 e. The summed E-state index contributed by atoms with van der Waals surface area (Å²) in [5.41, 5.74) is 0.908. The highest BCUT2D eigenvalue weighted by Crippen LogP contribution is 2.43. The number of halogens is 1. The van der Waals surface area contributed by atoms with Gasteiger partial charge in [-0.2, -0.15) is 5.10 Å². The van der Waals surface area contributed by atoms with Gasteiger partial charge in [0, 0.05) is 13.2 Å². The van der Waals surface area contributed by atoms with Crippen molar-refractivity contribution in [3.05, 3.63) is 16.9 Å². The summed E-state index contributed by atoms with van der Waals surface area (Å²) >= 11 is 6.40. The fourth-order valence-electron chi connectivity index (χ4n) is 3.51. The van der Waals surface area contributed by atoms with Crippen LogP contribution in [0.15, 0.2) is 6.20 Å². The first-order chi connectivity index (χ1) is 9.68. The van der Waals surface area contributed by atoms with Crippen molar-refractivity contribution in [2.24, 2.45) is 0 Å². The molecule has 2 rings (SSSR count). The number of nitrogens with one attached hydrogen (secondary N) is 1. The Bertz CT molecular complexity index is 421. The predicted molar refractivity (Wildman–Crippen MR) is 82.2 cm³/mol. The molecule has 0 bridgehead atoms. The van der Waals surface area contributed by atoms with Gasteiger partial charge in [0.2, 0.25) is 0 Å². The standard InChI is InChI=1S/C15H26ClN3O/c1-4-19-13(12(16)11-18-19)14(17-3)15(20-5-2)9-7-6-8-10-15/h11,14,17H,4-10H2,1-3H3. The highest BCUT2D eigenvalue weighted by atomic mass is 35.5. The fraction of sp³-hybridized carbons (Fsp3) is 0.800. The molecular formula is C15H26ClN3O. The van der Waals surface area contributed by atoms with E-state index in [9.17, 15) is 0 Å². The summed E-state index contributed by atoms with van der Waals surface area (Å²) in [5.74, 6) is 0. The first kappa shape index (κ1) is 15.8. The number of hydrogen-bond acceptors (Lipinski definition) is 3. The van der Waals surface area contributed by atoms with Gasteiger partial charge in [-0.1, -0.05) is 30.9 Å². The summed E-state index contributed by atoms with van der Waals surface area (Å²) in [6, 6.07) is 0.0951. The van der Waals surface area contributed by atoms with E-state index < -0.39 is 0 Å². The van der Waals surface area contributed by atoms with Gasteiger partial charge in [0.05, 0.1) is 28.6 Å². The van der Waals surface area contributed by atoms with E-state index in [1.165, 1.54) is 19.3 Å². The summed E-state index contributed by atoms with van der Waals surface area (Å²) < 4.78 is 8.22. The average Bonchev–Trinajstić information content (AvgIpc) is 2.82. The molecule has 0 aromatic carbocycles. The average molecular weight is 300 g/mol. The maximum atomic E-state index is 6.40. The Morgan fingerprint density at radius 2 is 2.10 bits per heavy atom. The Morgan fingerprint density at radius 1 is 1.40 bits per heavy atom. The Balaban J connectivity index is 2.39. The molecular weight excluding hydrogens is 274 g/mol. The number of aryl methyl sites for hydroxylation is 1. The van der Waals surface area contributed by atoms with E-state index in [-0.39, 0.29) is 11.6 Å². The van der Waals surface area contributed by atoms with E-state index in [4.69, 9.17) is 16.3 Å². The minimum absolute atomic E-state index is 0.0951. The number of hydrogen-bond donors (Lipinski definition) is 1. The van der Waals surface area contributed by atoms with Crippen molar-refractivity contribution in [1.29, 1.82) is 0 Å². The van der Waals surface area contributed by atoms with Crippen LogP contribution in [-0.2, 0) is 11.3 Å². The predicted octanol–water partition coefficient (Wildman–Crippen LogP) is 3.56. The number of likely N-dealkylation sites (N-methyl/N-ethyl adjacent to an activating group) is 1. The molecule has 114 valence electrons. The van der Waals surface area contributed by atoms with Crippen LogP contribution in [0.25, 0.3) is 0 Å². The molecule has 1 heterocycles. The van der Waals surface area contributed by atoms with Crippen molar-refractivity contribution in [3.8, 4) is 0 Å². The van der Waals surface area contributed by atoms with E-state index in [0.29, 0.717) is 0 Å². The van der Waals surface area contributed by atoms with Crippen molar-refractivity contribution in [2.75, 3.05) is 13.7 Å². The fourth-order valence-corrected chi connectivity index (χ4v) is 3.76. The Morgan fingerprint density at radius 3 is 2.65 bits per heavy atom. The zero-order valence-electron chi connectivity index (χ0n) is 12.8. The lowest BCUT2D eigenvalue weighted by molar-refractivity contribution is -0.0914. The van der Waals surface area contributed by atoms with Gasteiger partial charge >= 0.3 is 0 Å². The van der Waals surface area contributed by atoms with E-state index in [0.717, 1.165) is 36.7 Å². The molecule has 1 aromatic heterocycles. The van der Waals surface area contributed by atoms with Gasteiger partial charge < -0.3 is 10.1 Å². The van der Waals surface area contributed by atoms with Crippen molar-refractivity contribution >= 4 is 11.6 Å². The normalized spacial score (nSPS) is 20.0. The van der Waals surface area contributed by atoms with Crippen LogP contribution < -0.4 is 5.32 Å². The van der Waals surface area contributed by atoms with Crippen LogP contribution in [0.3, 0.4) is 0 Å². The van der Waals surface area contributed by atoms with Crippen LogP contribution in [0.2, 0.25) is 5.02 Å². The summed E-state index contributed by atoms with van der Waals surface area (Å²) in [6.45, 7) is 5.72. The lowest BCUT2D eigenvalue weighted by atomic mass is 9.78. The van der Waals surface area contributed by atoms with Gasteiger partial charge in [0.15, 0.2) is 0 Å². The van der Waals surface area contributed by atoms with Crippen molar-refractivity contribution in [3.63, 3.8) is 0 Å². The topological polar surface area (TPSA) is 39.1 Å². The monoisotopic (exact) mass is 299 g/mol. The largest absolute Gasteiger partial charge is 0.373 e. The van der Waals surface area contributed by atoms with Crippen LogP contribution in [0.1, 0.15) is 57.7 Å². The SMILES string of the molecule is CCOC1(C(NC)c2c(Cl)cnn2CC)CCCCC1. The molecule has 1 aliphatic rings. The van der Waals surface area contributed by atoms with Crippen LogP contribution >= 0.6 is 11.6 Å². The molecule has 1 saturated carbocycles. The van der Waals surface area contributed by atoms with Crippen molar-refractivity contribution in [2.45, 2.75) is 64.1 Å². The van der Waals surface area contributed by atoms with E-state index in [1.807, 2.05) is 11.7 Å². The van der Waals surface area contributed by atoms with Crippen LogP contribution in [0.4, 0.5) is 0 Å². The maximum absolute atomic E-state index is 6.40. The third kappa shape index (κ3) is 2.87. The Kier molecular flexibility index (Phi) is 5.47. The van der Waals surface area contributed by atoms with Gasteiger partial charge in [0.25, 0.3) is 0 Å². The number of ether oxygens (including phenoxy) is 1. The van der Waals surface area contributed by atoms with Gasteiger partial charge in [-0.25, -0.2) is 0 Å². The molecule has 1 fully saturated rings. The van der Waals surface area contributed by atoms with Crippen molar-refractivity contribution < 1.29 is 4.74 Å². The molecule has 0 saturated heterocycles. The summed E-state index contributed by atoms with van der Waals surface area (Å²) in [4.78, 5) is 0. The molecule has 20 heavy (non-hydrogen) atoms. The second-order valence-corrected chi connectivity index (χ2v) is 5.88. The van der Waals surface area contributed by atoms with E-state index in [1.54, 1.807) is 6.20 Å². The van der Waals surface area contributed by atoms with Crippen LogP contribution in [-0.4, -0.2) is 29.0 Å². The Labute approximate surface area is 126 Å². The molecule has 1 aliphatic carbocycles. The van der Waals surface area contributed by atoms with Crippen LogP contribution in [0, 0.1) is 0 Å². The molecule has 1 atom stereocenters. The number of aromatic nitrogens is 2. The maximum Gasteiger partial charge on any atom is 0.0891 e. The summed E-state index contributed by atoms with van der Waals surface area (Å²) in [7, 11) is 1.99. The molecule has 0 aliphatic heterocycles. The van der Waals surface area contributed by atoms with Gasteiger partial charge in [0.1, 0.15) is 0 Å². The first-order valence-electron chi connectivity index (χ1n) is 7.71. The van der Waals surface area contributed by atoms with E-state index >= 15 is 0 Å². The Hall–Kier alpha value is -0.580. The van der Waals surface area contributed by atoms with Gasteiger partial charge in [-0.15, -0.1) is 0 Å². The zero-order chi connectivity index (χ0) is 14.6.